The highest BCUT2D eigenvalue weighted by atomic mass is 16.2. The van der Waals surface area contributed by atoms with Gasteiger partial charge >= 0.3 is 0 Å². The number of likely N-dealkylation sites (N-methyl/N-ethyl adjacent to an activating group) is 1. The van der Waals surface area contributed by atoms with E-state index in [9.17, 15) is 9.59 Å². The molecule has 5 heteroatoms. The summed E-state index contributed by atoms with van der Waals surface area (Å²) in [6, 6.07) is -0.256. The highest BCUT2D eigenvalue weighted by molar-refractivity contribution is 5.91. The molecule has 2 saturated heterocycles. The van der Waals surface area contributed by atoms with Gasteiger partial charge < -0.3 is 15.1 Å². The van der Waals surface area contributed by atoms with Crippen molar-refractivity contribution < 1.29 is 9.59 Å². The standard InChI is InChI=1S/C15H27N3O2/c1-11(2)15(7-8-16-10-15)14(20)18-9-5-6-12(18)13(19)17(3)4/h11-12,16H,5-10H2,1-4H3. The number of nitrogens with zero attached hydrogens (tertiary/aromatic N) is 2. The number of carbonyl (C=O) groups excluding carboxylic acids is 2. The van der Waals surface area contributed by atoms with Crippen LogP contribution in [-0.4, -0.2) is 61.4 Å². The zero-order chi connectivity index (χ0) is 14.9. The van der Waals surface area contributed by atoms with Crippen LogP contribution in [0.15, 0.2) is 0 Å². The highest BCUT2D eigenvalue weighted by Crippen LogP contribution is 2.38. The monoisotopic (exact) mass is 281 g/mol. The molecule has 2 atom stereocenters. The van der Waals surface area contributed by atoms with E-state index in [0.717, 1.165) is 38.9 Å². The molecule has 0 aromatic heterocycles. The fourth-order valence-corrected chi connectivity index (χ4v) is 3.48. The minimum Gasteiger partial charge on any atom is -0.347 e. The van der Waals surface area contributed by atoms with Crippen LogP contribution in [0.4, 0.5) is 0 Å². The van der Waals surface area contributed by atoms with E-state index in [-0.39, 0.29) is 23.3 Å². The molecule has 0 radical (unpaired) electrons. The molecule has 1 N–H and O–H groups in total. The molecule has 2 unspecified atom stereocenters. The molecule has 20 heavy (non-hydrogen) atoms. The number of hydrogen-bond donors (Lipinski definition) is 1. The second kappa shape index (κ2) is 5.72. The predicted molar refractivity (Wildman–Crippen MR) is 78.2 cm³/mol. The van der Waals surface area contributed by atoms with Crippen LogP contribution in [0.25, 0.3) is 0 Å². The van der Waals surface area contributed by atoms with Gasteiger partial charge in [0.15, 0.2) is 0 Å². The molecule has 2 aliphatic heterocycles. The van der Waals surface area contributed by atoms with Gasteiger partial charge in [-0.25, -0.2) is 0 Å². The lowest BCUT2D eigenvalue weighted by Gasteiger charge is -2.37. The number of likely N-dealkylation sites (tertiary alicyclic amines) is 1. The molecule has 2 rings (SSSR count). The van der Waals surface area contributed by atoms with Gasteiger partial charge in [0.1, 0.15) is 6.04 Å². The van der Waals surface area contributed by atoms with Gasteiger partial charge in [-0.05, 0) is 31.7 Å². The van der Waals surface area contributed by atoms with Crippen LogP contribution in [0.3, 0.4) is 0 Å². The van der Waals surface area contributed by atoms with E-state index in [1.165, 1.54) is 0 Å². The lowest BCUT2D eigenvalue weighted by molar-refractivity contribution is -0.150. The number of amides is 2. The molecule has 0 aliphatic carbocycles. The van der Waals surface area contributed by atoms with Crippen LogP contribution in [0.1, 0.15) is 33.1 Å². The summed E-state index contributed by atoms with van der Waals surface area (Å²) >= 11 is 0. The summed E-state index contributed by atoms with van der Waals surface area (Å²) in [7, 11) is 3.53. The van der Waals surface area contributed by atoms with E-state index in [0.29, 0.717) is 5.92 Å². The van der Waals surface area contributed by atoms with Gasteiger partial charge in [-0.2, -0.15) is 0 Å². The Hall–Kier alpha value is -1.10. The fraction of sp³-hybridized carbons (Fsp3) is 0.867. The molecule has 2 fully saturated rings. The molecule has 0 bridgehead atoms. The van der Waals surface area contributed by atoms with E-state index in [2.05, 4.69) is 19.2 Å². The summed E-state index contributed by atoms with van der Waals surface area (Å²) in [5.41, 5.74) is -0.324. The first-order valence-electron chi connectivity index (χ1n) is 7.63. The number of nitrogens with one attached hydrogen (secondary N) is 1. The maximum atomic E-state index is 13.1. The number of carbonyl (C=O) groups is 2. The Bertz CT molecular complexity index is 387. The first-order chi connectivity index (χ1) is 9.40. The van der Waals surface area contributed by atoms with Crippen LogP contribution in [0.2, 0.25) is 0 Å². The Balaban J connectivity index is 2.21. The van der Waals surface area contributed by atoms with Gasteiger partial charge in [0.05, 0.1) is 5.41 Å². The third-order valence-electron chi connectivity index (χ3n) is 4.96. The average molecular weight is 281 g/mol. The Morgan fingerprint density at radius 3 is 2.55 bits per heavy atom. The Morgan fingerprint density at radius 2 is 2.05 bits per heavy atom. The van der Waals surface area contributed by atoms with Crippen molar-refractivity contribution in [3.05, 3.63) is 0 Å². The molecule has 0 spiro atoms. The van der Waals surface area contributed by atoms with E-state index in [4.69, 9.17) is 0 Å². The van der Waals surface area contributed by atoms with Gasteiger partial charge in [-0.1, -0.05) is 13.8 Å². The lowest BCUT2D eigenvalue weighted by atomic mass is 9.75. The van der Waals surface area contributed by atoms with Crippen LogP contribution in [0, 0.1) is 11.3 Å². The average Bonchev–Trinajstić information content (AvgIpc) is 3.06. The third kappa shape index (κ3) is 2.43. The zero-order valence-corrected chi connectivity index (χ0v) is 13.1. The van der Waals surface area contributed by atoms with Crippen molar-refractivity contribution in [1.82, 2.24) is 15.1 Å². The molecule has 0 aromatic rings. The van der Waals surface area contributed by atoms with Gasteiger partial charge in [0, 0.05) is 27.2 Å². The molecular formula is C15H27N3O2. The summed E-state index contributed by atoms with van der Waals surface area (Å²) < 4.78 is 0. The van der Waals surface area contributed by atoms with Crippen molar-refractivity contribution in [2.24, 2.45) is 11.3 Å². The molecule has 5 nitrogen and oxygen atoms in total. The Morgan fingerprint density at radius 1 is 1.35 bits per heavy atom. The third-order valence-corrected chi connectivity index (χ3v) is 4.96. The minimum atomic E-state index is -0.324. The largest absolute Gasteiger partial charge is 0.347 e. The molecular weight excluding hydrogens is 254 g/mol. The van der Waals surface area contributed by atoms with Gasteiger partial charge in [-0.15, -0.1) is 0 Å². The van der Waals surface area contributed by atoms with Gasteiger partial charge in [-0.3, -0.25) is 9.59 Å². The molecule has 2 aliphatic rings. The van der Waals surface area contributed by atoms with E-state index < -0.39 is 0 Å². The summed E-state index contributed by atoms with van der Waals surface area (Å²) in [5, 5.41) is 3.32. The van der Waals surface area contributed by atoms with E-state index >= 15 is 0 Å². The van der Waals surface area contributed by atoms with Crippen LogP contribution in [-0.2, 0) is 9.59 Å². The van der Waals surface area contributed by atoms with Gasteiger partial charge in [0.2, 0.25) is 11.8 Å². The molecule has 114 valence electrons. The zero-order valence-electron chi connectivity index (χ0n) is 13.1. The second-order valence-electron chi connectivity index (χ2n) is 6.63. The molecule has 2 amide bonds. The maximum Gasteiger partial charge on any atom is 0.244 e. The number of rotatable bonds is 3. The van der Waals surface area contributed by atoms with E-state index in [1.54, 1.807) is 19.0 Å². The normalized spacial score (nSPS) is 30.1. The smallest absolute Gasteiger partial charge is 0.244 e. The van der Waals surface area contributed by atoms with Crippen LogP contribution in [0.5, 0.6) is 0 Å². The minimum absolute atomic E-state index is 0.0562. The van der Waals surface area contributed by atoms with Crippen molar-refractivity contribution in [2.75, 3.05) is 33.7 Å². The quantitative estimate of drug-likeness (QED) is 0.828. The van der Waals surface area contributed by atoms with E-state index in [1.807, 2.05) is 4.90 Å². The molecule has 0 aromatic carbocycles. The summed E-state index contributed by atoms with van der Waals surface area (Å²) in [6.07, 6.45) is 2.60. The molecule has 0 saturated carbocycles. The Labute approximate surface area is 121 Å². The maximum absolute atomic E-state index is 13.1. The van der Waals surface area contributed by atoms with Crippen molar-refractivity contribution in [1.29, 1.82) is 0 Å². The van der Waals surface area contributed by atoms with Crippen molar-refractivity contribution in [3.8, 4) is 0 Å². The van der Waals surface area contributed by atoms with Gasteiger partial charge in [0.25, 0.3) is 0 Å². The Kier molecular flexibility index (Phi) is 4.37. The van der Waals surface area contributed by atoms with Crippen molar-refractivity contribution in [2.45, 2.75) is 39.2 Å². The van der Waals surface area contributed by atoms with Crippen LogP contribution >= 0.6 is 0 Å². The van der Waals surface area contributed by atoms with Crippen molar-refractivity contribution in [3.63, 3.8) is 0 Å². The fourth-order valence-electron chi connectivity index (χ4n) is 3.48. The predicted octanol–water partition coefficient (Wildman–Crippen LogP) is 0.701. The van der Waals surface area contributed by atoms with Crippen molar-refractivity contribution >= 4 is 11.8 Å². The highest BCUT2D eigenvalue weighted by Gasteiger charge is 2.49. The lowest BCUT2D eigenvalue weighted by Crippen LogP contribution is -2.53. The topological polar surface area (TPSA) is 52.7 Å². The summed E-state index contributed by atoms with van der Waals surface area (Å²) in [4.78, 5) is 28.8. The first kappa shape index (κ1) is 15.3. The first-order valence-corrected chi connectivity index (χ1v) is 7.63. The second-order valence-corrected chi connectivity index (χ2v) is 6.63. The SMILES string of the molecule is CC(C)C1(C(=O)N2CCCC2C(=O)N(C)C)CCNC1. The van der Waals surface area contributed by atoms with Crippen LogP contribution < -0.4 is 5.32 Å². The number of hydrogen-bond acceptors (Lipinski definition) is 3. The summed E-state index contributed by atoms with van der Waals surface area (Å²) in [5.74, 6) is 0.525. The summed E-state index contributed by atoms with van der Waals surface area (Å²) in [6.45, 7) is 6.58. The molecule has 2 heterocycles.